The van der Waals surface area contributed by atoms with E-state index < -0.39 is 18.0 Å². The smallest absolute Gasteiger partial charge is 0.337 e. The van der Waals surface area contributed by atoms with Crippen LogP contribution in [0.1, 0.15) is 46.9 Å². The van der Waals surface area contributed by atoms with Gasteiger partial charge in [-0.05, 0) is 73.0 Å². The molecule has 0 aliphatic carbocycles. The molecule has 1 aliphatic heterocycles. The fourth-order valence-electron chi connectivity index (χ4n) is 4.97. The molecule has 47 heavy (non-hydrogen) atoms. The largest absolute Gasteiger partial charge is 0.493 e. The number of carboxylic acids is 1. The van der Waals surface area contributed by atoms with E-state index in [0.29, 0.717) is 61.1 Å². The van der Waals surface area contributed by atoms with Gasteiger partial charge in [0.15, 0.2) is 27.8 Å². The van der Waals surface area contributed by atoms with Crippen molar-refractivity contribution in [3.05, 3.63) is 113 Å². The van der Waals surface area contributed by atoms with Crippen molar-refractivity contribution in [2.45, 2.75) is 26.5 Å². The van der Waals surface area contributed by atoms with E-state index in [0.717, 1.165) is 5.56 Å². The summed E-state index contributed by atoms with van der Waals surface area (Å²) in [5, 5.41) is 9.13. The number of aromatic nitrogens is 1. The van der Waals surface area contributed by atoms with Gasteiger partial charge in [-0.2, -0.15) is 0 Å². The zero-order chi connectivity index (χ0) is 33.7. The van der Waals surface area contributed by atoms with Crippen LogP contribution >= 0.6 is 27.3 Å². The van der Waals surface area contributed by atoms with E-state index in [-0.39, 0.29) is 23.3 Å². The summed E-state index contributed by atoms with van der Waals surface area (Å²) in [5.74, 6) is 0.307. The van der Waals surface area contributed by atoms with Crippen LogP contribution in [0.4, 0.5) is 0 Å². The maximum atomic E-state index is 14.0. The second kappa shape index (κ2) is 14.7. The average molecular weight is 724 g/mol. The molecule has 4 aromatic rings. The van der Waals surface area contributed by atoms with E-state index in [1.165, 1.54) is 48.5 Å². The number of methoxy groups -OCH3 is 2. The molecule has 1 aromatic heterocycles. The van der Waals surface area contributed by atoms with Crippen molar-refractivity contribution in [2.24, 2.45) is 4.99 Å². The van der Waals surface area contributed by atoms with Gasteiger partial charge in [0.2, 0.25) is 0 Å². The van der Waals surface area contributed by atoms with Crippen LogP contribution in [-0.2, 0) is 16.1 Å². The molecule has 0 fully saturated rings. The molecular formula is C34H31BrN2O9S. The molecule has 1 atom stereocenters. The van der Waals surface area contributed by atoms with Crippen LogP contribution in [0.3, 0.4) is 0 Å². The van der Waals surface area contributed by atoms with Crippen LogP contribution < -0.4 is 33.8 Å². The molecule has 11 nitrogen and oxygen atoms in total. The highest BCUT2D eigenvalue weighted by Gasteiger charge is 2.31. The van der Waals surface area contributed by atoms with E-state index in [1.807, 2.05) is 13.8 Å². The standard InChI is InChI=1S/C34H31BrN2O9S/c1-5-44-25-12-11-21(13-27(25)45-6-2)30-23(33(41)43-4)17-36-34-37(30)31(38)29(47-34)15-22-14-26(42-3)28(16-24(22)35)46-18-19-7-9-20(10-8-19)32(39)40/h7-17,30H,5-6,18H2,1-4H3,(H,39,40)/b29-15-/t30-/m0/s1. The summed E-state index contributed by atoms with van der Waals surface area (Å²) in [6.45, 7) is 4.75. The van der Waals surface area contributed by atoms with Crippen LogP contribution in [-0.4, -0.2) is 49.0 Å². The van der Waals surface area contributed by atoms with Gasteiger partial charge in [-0.1, -0.05) is 45.5 Å². The molecule has 244 valence electrons. The summed E-state index contributed by atoms with van der Waals surface area (Å²) in [5.41, 5.74) is 2.08. The highest BCUT2D eigenvalue weighted by atomic mass is 79.9. The first kappa shape index (κ1) is 33.5. The fourth-order valence-corrected chi connectivity index (χ4v) is 6.36. The number of aromatic carboxylic acids is 1. The van der Waals surface area contributed by atoms with Crippen molar-refractivity contribution in [1.29, 1.82) is 0 Å². The first-order valence-electron chi connectivity index (χ1n) is 14.5. The summed E-state index contributed by atoms with van der Waals surface area (Å²) >= 11 is 4.77. The van der Waals surface area contributed by atoms with Gasteiger partial charge in [-0.3, -0.25) is 9.36 Å². The highest BCUT2D eigenvalue weighted by molar-refractivity contribution is 9.10. The van der Waals surface area contributed by atoms with Crippen molar-refractivity contribution >= 4 is 45.3 Å². The van der Waals surface area contributed by atoms with Crippen LogP contribution in [0.5, 0.6) is 23.0 Å². The van der Waals surface area contributed by atoms with Gasteiger partial charge in [-0.15, -0.1) is 0 Å². The summed E-state index contributed by atoms with van der Waals surface area (Å²) in [6, 6.07) is 14.4. The van der Waals surface area contributed by atoms with Crippen molar-refractivity contribution in [3.8, 4) is 23.0 Å². The predicted octanol–water partition coefficient (Wildman–Crippen LogP) is 4.86. The van der Waals surface area contributed by atoms with Gasteiger partial charge in [0.1, 0.15) is 6.61 Å². The average Bonchev–Trinajstić information content (AvgIpc) is 3.39. The molecule has 3 aromatic carbocycles. The molecule has 1 aliphatic rings. The molecule has 0 saturated heterocycles. The molecule has 0 unspecified atom stereocenters. The molecule has 0 spiro atoms. The SMILES string of the molecule is CCOc1ccc([C@H]2C(C(=O)OC)=CN=c3s/c(=C\c4cc(OC)c(OCc5ccc(C(=O)O)cc5)cc4Br)c(=O)n32)cc1OCC. The number of carbonyl (C=O) groups is 2. The summed E-state index contributed by atoms with van der Waals surface area (Å²) in [6.07, 6.45) is 3.15. The van der Waals surface area contributed by atoms with Crippen molar-refractivity contribution in [3.63, 3.8) is 0 Å². The van der Waals surface area contributed by atoms with Crippen molar-refractivity contribution < 1.29 is 38.4 Å². The van der Waals surface area contributed by atoms with Gasteiger partial charge < -0.3 is 28.8 Å². The second-order valence-corrected chi connectivity index (χ2v) is 11.9. The van der Waals surface area contributed by atoms with Crippen LogP contribution in [0.15, 0.2) is 80.6 Å². The summed E-state index contributed by atoms with van der Waals surface area (Å²) in [7, 11) is 2.79. The second-order valence-electron chi connectivity index (χ2n) is 10.1. The van der Waals surface area contributed by atoms with E-state index in [2.05, 4.69) is 20.9 Å². The number of carboxylic acid groups (broad SMARTS) is 1. The maximum Gasteiger partial charge on any atom is 0.337 e. The lowest BCUT2D eigenvalue weighted by atomic mass is 9.97. The monoisotopic (exact) mass is 722 g/mol. The molecule has 0 bridgehead atoms. The number of thiazole rings is 1. The van der Waals surface area contributed by atoms with Crippen LogP contribution in [0.2, 0.25) is 0 Å². The molecule has 0 radical (unpaired) electrons. The van der Waals surface area contributed by atoms with Crippen LogP contribution in [0.25, 0.3) is 6.08 Å². The molecule has 0 saturated carbocycles. The minimum absolute atomic E-state index is 0.180. The quantitative estimate of drug-likeness (QED) is 0.203. The number of hydrogen-bond donors (Lipinski definition) is 1. The highest BCUT2D eigenvalue weighted by Crippen LogP contribution is 2.36. The van der Waals surface area contributed by atoms with Gasteiger partial charge in [0, 0.05) is 10.7 Å². The van der Waals surface area contributed by atoms with E-state index in [9.17, 15) is 14.4 Å². The first-order chi connectivity index (χ1) is 22.7. The lowest BCUT2D eigenvalue weighted by Crippen LogP contribution is -2.39. The summed E-state index contributed by atoms with van der Waals surface area (Å²) < 4.78 is 30.7. The number of fused-ring (bicyclic) bond motifs is 1. The number of halogens is 1. The number of esters is 1. The molecule has 1 N–H and O–H groups in total. The topological polar surface area (TPSA) is 135 Å². The Labute approximate surface area is 282 Å². The zero-order valence-electron chi connectivity index (χ0n) is 25.9. The third kappa shape index (κ3) is 7.10. The van der Waals surface area contributed by atoms with E-state index in [4.69, 9.17) is 28.8 Å². The zero-order valence-corrected chi connectivity index (χ0v) is 28.3. The van der Waals surface area contributed by atoms with E-state index in [1.54, 1.807) is 48.5 Å². The normalized spacial score (nSPS) is 14.0. The van der Waals surface area contributed by atoms with Gasteiger partial charge in [0.25, 0.3) is 5.56 Å². The molecule has 0 amide bonds. The maximum absolute atomic E-state index is 14.0. The number of nitrogens with zero attached hydrogens (tertiary/aromatic N) is 2. The fraction of sp³-hybridized carbons (Fsp3) is 0.235. The third-order valence-corrected chi connectivity index (χ3v) is 8.86. The Bertz CT molecular complexity index is 2030. The molecule has 5 rings (SSSR count). The number of rotatable bonds is 12. The van der Waals surface area contributed by atoms with Gasteiger partial charge in [-0.25, -0.2) is 14.6 Å². The minimum atomic E-state index is -1.00. The Kier molecular flexibility index (Phi) is 10.5. The predicted molar refractivity (Wildman–Crippen MR) is 178 cm³/mol. The Hall–Kier alpha value is -4.88. The Balaban J connectivity index is 1.53. The molecular weight excluding hydrogens is 692 g/mol. The lowest BCUT2D eigenvalue weighted by Gasteiger charge is -2.23. The first-order valence-corrected chi connectivity index (χ1v) is 16.1. The molecule has 2 heterocycles. The van der Waals surface area contributed by atoms with E-state index >= 15 is 0 Å². The Morgan fingerprint density at radius 3 is 2.32 bits per heavy atom. The minimum Gasteiger partial charge on any atom is -0.493 e. The number of hydrogen-bond acceptors (Lipinski definition) is 10. The number of ether oxygens (including phenoxy) is 5. The summed E-state index contributed by atoms with van der Waals surface area (Å²) in [4.78, 5) is 42.9. The molecule has 13 heteroatoms. The number of carbonyl (C=O) groups excluding carboxylic acids is 1. The van der Waals surface area contributed by atoms with Crippen molar-refractivity contribution in [2.75, 3.05) is 27.4 Å². The van der Waals surface area contributed by atoms with Gasteiger partial charge >= 0.3 is 11.9 Å². The third-order valence-electron chi connectivity index (χ3n) is 7.17. The van der Waals surface area contributed by atoms with Crippen LogP contribution in [0, 0.1) is 0 Å². The Morgan fingerprint density at radius 1 is 0.957 bits per heavy atom. The number of benzene rings is 3. The Morgan fingerprint density at radius 2 is 1.66 bits per heavy atom. The van der Waals surface area contributed by atoms with Crippen molar-refractivity contribution in [1.82, 2.24) is 4.57 Å². The van der Waals surface area contributed by atoms with Gasteiger partial charge in [0.05, 0.1) is 49.1 Å². The lowest BCUT2D eigenvalue weighted by molar-refractivity contribution is -0.136.